The number of anilines is 1. The number of benzene rings is 6. The van der Waals surface area contributed by atoms with Crippen molar-refractivity contribution in [3.05, 3.63) is 235 Å². The molecule has 0 unspecified atom stereocenters. The minimum Gasteiger partial charge on any atom is -0.452 e. The number of non-ortho nitro benzene ring substituents is 1. The lowest BCUT2D eigenvalue weighted by molar-refractivity contribution is -0.385. The summed E-state index contributed by atoms with van der Waals surface area (Å²) in [4.78, 5) is 58.1. The molecule has 10 atom stereocenters. The number of ketones is 1. The van der Waals surface area contributed by atoms with Crippen molar-refractivity contribution in [3.63, 3.8) is 0 Å². The number of nitrogens with two attached hydrogens (primary N) is 5. The number of aliphatic imine (C=N–C) groups is 5. The van der Waals surface area contributed by atoms with Crippen molar-refractivity contribution < 1.29 is 126 Å². The highest BCUT2D eigenvalue weighted by atomic mass is 35.5. The molecule has 5 aliphatic rings. The molecule has 7 aromatic rings. The number of hydrogen-bond acceptors (Lipinski definition) is 20. The van der Waals surface area contributed by atoms with Crippen molar-refractivity contribution in [3.8, 4) is 0 Å². The fourth-order valence-electron chi connectivity index (χ4n) is 12.7. The summed E-state index contributed by atoms with van der Waals surface area (Å²) in [7, 11) is 0. The topological polar surface area (TPSA) is 340 Å². The van der Waals surface area contributed by atoms with Gasteiger partial charge in [-0.05, 0) is 94.8 Å². The van der Waals surface area contributed by atoms with Crippen LogP contribution in [0.2, 0.25) is 30.1 Å². The summed E-state index contributed by atoms with van der Waals surface area (Å²) < 4.78 is 288. The van der Waals surface area contributed by atoms with Gasteiger partial charge in [-0.1, -0.05) is 118 Å². The molecule has 22 nitrogen and oxygen atoms in total. The Bertz CT molecular complexity index is 5250. The molecular weight excluding hydrogens is 1810 g/mol. The molecule has 48 heteroatoms. The van der Waals surface area contributed by atoms with E-state index in [4.69, 9.17) is 103 Å². The molecule has 0 saturated carbocycles. The average molecular weight is 1870 g/mol. The second-order valence-corrected chi connectivity index (χ2v) is 30.5. The van der Waals surface area contributed by atoms with E-state index in [1.807, 2.05) is 0 Å². The standard InChI is InChI=1S/C19H15Cl2F4N3O2.C19H15ClF4N2O2.C12H10ClF4N3O3.C12H12ClF4N3O.C12H11ClF4N2O/c1-18(7-15(19(23,24)25)30-17(26)28-18)11-4-9(5-12(22)16(11)21)6-14(29)13-3-2-10(20)8-27-13;1-18(12-8-5-9-13(21)15(12)20)10-14(19(22,23)24)28-17(26-18)25-16(27)11-6-3-2-4-7-11;1-11(4-8(12(15,16)17)23-10(18)19-11)6-2-5(20(21)22)3-7(14)9(6)13;1-11(6-2-5(18)3-7(14)9(6)13)4-8(12(15,16)17)21-10(19)20-11;1-11(6-3-2-4-7(14)9(6)13)5-8(12(15,16)17)20-10(18)19-11/h2-5,8,15H,6-7H2,1H3,(H2,26,28);2-9,14H,10H2,1H3,(H,25,26,27);2-3,8H,4H2,1H3,(H2,18,19);2-3,8H,4,18H2,1H3,(H2,19,20);2-4,8H,5H2,1H3,(H2,18,19)/t15-,18-;14-,18-;3*8-,11-/m00000/s1. The molecule has 1 aromatic heterocycles. The summed E-state index contributed by atoms with van der Waals surface area (Å²) in [5.41, 5.74) is 18.9. The number of amides is 1. The van der Waals surface area contributed by atoms with Gasteiger partial charge in [-0.2, -0.15) is 65.9 Å². The van der Waals surface area contributed by atoms with E-state index in [1.165, 1.54) is 101 Å². The maximum absolute atomic E-state index is 14.5. The third-order valence-electron chi connectivity index (χ3n) is 18.6. The molecule has 660 valence electrons. The lowest BCUT2D eigenvalue weighted by atomic mass is 9.84. The number of nitrogens with one attached hydrogen (secondary N) is 1. The lowest BCUT2D eigenvalue weighted by Gasteiger charge is -2.37. The van der Waals surface area contributed by atoms with Crippen LogP contribution in [0.1, 0.15) is 121 Å². The van der Waals surface area contributed by atoms with Crippen LogP contribution in [0.3, 0.4) is 0 Å². The van der Waals surface area contributed by atoms with Crippen molar-refractivity contribution in [1.29, 1.82) is 0 Å². The van der Waals surface area contributed by atoms with Crippen LogP contribution in [0.15, 0.2) is 146 Å². The van der Waals surface area contributed by atoms with Gasteiger partial charge in [0.25, 0.3) is 41.7 Å². The summed E-state index contributed by atoms with van der Waals surface area (Å²) in [5.74, 6) is -5.50. The van der Waals surface area contributed by atoms with Gasteiger partial charge in [0.15, 0.2) is 36.3 Å². The number of carbonyl (C=O) groups excluding carboxylic acids is 2. The average Bonchev–Trinajstić information content (AvgIpc) is 0.774. The summed E-state index contributed by atoms with van der Waals surface area (Å²) in [6, 6.07) is 21.3. The molecule has 11 N–H and O–H groups in total. The van der Waals surface area contributed by atoms with Gasteiger partial charge in [-0.15, -0.1) is 0 Å². The van der Waals surface area contributed by atoms with Gasteiger partial charge in [0.1, 0.15) is 34.8 Å². The molecule has 0 bridgehead atoms. The number of carbonyl (C=O) groups is 2. The number of nitro benzene ring substituents is 1. The Hall–Kier alpha value is -10.3. The Morgan fingerprint density at radius 1 is 0.434 bits per heavy atom. The Morgan fingerprint density at radius 3 is 1.16 bits per heavy atom. The zero-order valence-electron chi connectivity index (χ0n) is 62.7. The van der Waals surface area contributed by atoms with E-state index in [0.717, 1.165) is 30.3 Å². The first-order valence-corrected chi connectivity index (χ1v) is 36.8. The van der Waals surface area contributed by atoms with Gasteiger partial charge in [0.2, 0.25) is 0 Å². The summed E-state index contributed by atoms with van der Waals surface area (Å²) in [6.07, 6.45) is -36.5. The van der Waals surface area contributed by atoms with Crippen LogP contribution in [-0.4, -0.2) is 113 Å². The number of aromatic nitrogens is 1. The highest BCUT2D eigenvalue weighted by Crippen LogP contribution is 2.50. The number of rotatable bonds is 10. The molecule has 12 rings (SSSR count). The number of nitro groups is 1. The Labute approximate surface area is 706 Å². The van der Waals surface area contributed by atoms with E-state index in [1.54, 1.807) is 18.2 Å². The van der Waals surface area contributed by atoms with Crippen LogP contribution in [0, 0.1) is 39.2 Å². The number of ether oxygens (including phenoxy) is 5. The third-order valence-corrected chi connectivity index (χ3v) is 20.8. The molecule has 6 heterocycles. The second-order valence-electron chi connectivity index (χ2n) is 28.2. The molecule has 0 radical (unpaired) electrons. The van der Waals surface area contributed by atoms with Gasteiger partial charge in [-0.3, -0.25) is 30.0 Å². The normalized spacial score (nSPS) is 24.0. The van der Waals surface area contributed by atoms with Crippen LogP contribution < -0.4 is 34.0 Å². The number of hydrogen-bond donors (Lipinski definition) is 6. The minimum atomic E-state index is -4.74. The quantitative estimate of drug-likeness (QED) is 0.0244. The van der Waals surface area contributed by atoms with Crippen molar-refractivity contribution in [2.75, 3.05) is 5.73 Å². The number of Topliss-reactive ketones (excluding diaryl/α,β-unsaturated/α-hetero) is 1. The van der Waals surface area contributed by atoms with Gasteiger partial charge >= 0.3 is 30.9 Å². The zero-order chi connectivity index (χ0) is 91.5. The van der Waals surface area contributed by atoms with E-state index in [9.17, 15) is 108 Å². The summed E-state index contributed by atoms with van der Waals surface area (Å²) in [5, 5.41) is 11.5. The molecule has 0 saturated heterocycles. The highest BCUT2D eigenvalue weighted by molar-refractivity contribution is 6.33. The van der Waals surface area contributed by atoms with Crippen LogP contribution in [-0.2, 0) is 57.8 Å². The first-order chi connectivity index (χ1) is 56.1. The maximum atomic E-state index is 14.5. The van der Waals surface area contributed by atoms with Gasteiger partial charge in [0, 0.05) is 89.9 Å². The van der Waals surface area contributed by atoms with E-state index < -0.39 is 213 Å². The number of pyridine rings is 1. The van der Waals surface area contributed by atoms with E-state index in [2.05, 4.69) is 54.2 Å². The van der Waals surface area contributed by atoms with Crippen LogP contribution in [0.5, 0.6) is 0 Å². The fourth-order valence-corrected chi connectivity index (χ4v) is 14.4. The molecule has 5 aliphatic heterocycles. The Kier molecular flexibility index (Phi) is 29.5. The fraction of sp³-hybridized carbons (Fsp3) is 0.351. The van der Waals surface area contributed by atoms with E-state index >= 15 is 0 Å². The van der Waals surface area contributed by atoms with Crippen molar-refractivity contribution >= 4 is 123 Å². The number of alkyl halides is 15. The predicted molar refractivity (Wildman–Crippen MR) is 408 cm³/mol. The van der Waals surface area contributed by atoms with Crippen molar-refractivity contribution in [1.82, 2.24) is 10.3 Å². The van der Waals surface area contributed by atoms with Crippen molar-refractivity contribution in [2.24, 2.45) is 47.9 Å². The minimum absolute atomic E-state index is 0.0250. The lowest BCUT2D eigenvalue weighted by Crippen LogP contribution is -2.48. The first kappa shape index (κ1) is 97.2. The predicted octanol–water partition coefficient (Wildman–Crippen LogP) is 19.2. The molecule has 0 aliphatic carbocycles. The van der Waals surface area contributed by atoms with Gasteiger partial charge < -0.3 is 52.4 Å². The number of amidine groups is 5. The monoisotopic (exact) mass is 1870 g/mol. The highest BCUT2D eigenvalue weighted by Gasteiger charge is 2.56. The number of halogens is 26. The zero-order valence-corrected chi connectivity index (χ0v) is 67.2. The molecule has 122 heavy (non-hydrogen) atoms. The van der Waals surface area contributed by atoms with Crippen LogP contribution in [0.4, 0.5) is 99.2 Å². The number of nitrogens with zero attached hydrogens (tertiary/aromatic N) is 7. The van der Waals surface area contributed by atoms with Crippen molar-refractivity contribution in [2.45, 2.75) is 162 Å². The molecule has 0 spiro atoms. The van der Waals surface area contributed by atoms with Crippen LogP contribution >= 0.6 is 69.6 Å². The summed E-state index contributed by atoms with van der Waals surface area (Å²) >= 11 is 35.2. The molecular formula is C74H63Cl6F20N13O9. The molecule has 1 amide bonds. The summed E-state index contributed by atoms with van der Waals surface area (Å²) in [6.45, 7) is 6.70. The van der Waals surface area contributed by atoms with E-state index in [0.29, 0.717) is 11.1 Å². The number of nitrogen functional groups attached to an aromatic ring is 1. The first-order valence-electron chi connectivity index (χ1n) is 34.5. The SMILES string of the molecule is C[C@@]1(c2cc(CC(=O)c3ccc(Cl)cn3)cc(F)c2Cl)C[C@@H](C(F)(F)F)OC(N)=N1.C[C@@]1(c2cc(N)cc(F)c2Cl)C[C@@H](C(F)(F)F)OC(N)=N1.C[C@@]1(c2cc([N+](=O)[O-])cc(F)c2Cl)C[C@@H](C(F)(F)F)OC(N)=N1.C[C@@]1(c2cccc(F)c2Cl)C[C@@H](C(F)(F)F)OC(N)=N1.C[C@@]1(c2cccc(F)c2Cl)C[C@@H](C(F)(F)F)OC(NC(=O)c2ccccc2)=N1. The Morgan fingerprint density at radius 2 is 0.779 bits per heavy atom. The largest absolute Gasteiger partial charge is 0.452 e. The third kappa shape index (κ3) is 23.7. The molecule has 6 aromatic carbocycles. The van der Waals surface area contributed by atoms with Crippen LogP contribution in [0.25, 0.3) is 0 Å². The maximum Gasteiger partial charge on any atom is 0.425 e. The Balaban J connectivity index is 0.000000191. The van der Waals surface area contributed by atoms with E-state index in [-0.39, 0.29) is 71.8 Å². The molecule has 0 fully saturated rings. The smallest absolute Gasteiger partial charge is 0.425 e. The second kappa shape index (κ2) is 37.0. The van der Waals surface area contributed by atoms with Gasteiger partial charge in [0.05, 0.1) is 68.8 Å². The van der Waals surface area contributed by atoms with Gasteiger partial charge in [-0.25, -0.2) is 46.9 Å².